The summed E-state index contributed by atoms with van der Waals surface area (Å²) in [5.74, 6) is 2.38. The molecule has 0 aromatic heterocycles. The van der Waals surface area contributed by atoms with E-state index in [0.717, 1.165) is 5.75 Å². The molecule has 0 aromatic rings. The standard InChI is InChI=1S/C11H23NO2S/c1-11(2)4-5-15-8-10(11)12-9(6-13)7-14-3/h9-10,12-13H,4-8H2,1-3H3. The summed E-state index contributed by atoms with van der Waals surface area (Å²) in [6, 6.07) is 0.543. The second-order valence-corrected chi connectivity index (χ2v) is 6.02. The van der Waals surface area contributed by atoms with E-state index in [9.17, 15) is 5.11 Å². The van der Waals surface area contributed by atoms with E-state index in [1.165, 1.54) is 12.2 Å². The Balaban J connectivity index is 2.46. The number of methoxy groups -OCH3 is 1. The molecule has 1 aliphatic heterocycles. The molecule has 0 amide bonds. The van der Waals surface area contributed by atoms with Crippen molar-refractivity contribution in [3.8, 4) is 0 Å². The van der Waals surface area contributed by atoms with Crippen molar-refractivity contribution in [1.82, 2.24) is 5.32 Å². The summed E-state index contributed by atoms with van der Waals surface area (Å²) in [4.78, 5) is 0. The third kappa shape index (κ3) is 3.94. The van der Waals surface area contributed by atoms with Gasteiger partial charge in [0.1, 0.15) is 0 Å². The third-order valence-electron chi connectivity index (χ3n) is 3.14. The topological polar surface area (TPSA) is 41.5 Å². The Hall–Kier alpha value is 0.230. The first-order chi connectivity index (χ1) is 7.10. The molecule has 2 atom stereocenters. The molecular formula is C11H23NO2S. The summed E-state index contributed by atoms with van der Waals surface area (Å²) in [6.07, 6.45) is 1.24. The van der Waals surface area contributed by atoms with Crippen LogP contribution in [0.5, 0.6) is 0 Å². The maximum Gasteiger partial charge on any atom is 0.0638 e. The van der Waals surface area contributed by atoms with Crippen LogP contribution in [-0.4, -0.2) is 49.0 Å². The van der Waals surface area contributed by atoms with Gasteiger partial charge in [0.2, 0.25) is 0 Å². The van der Waals surface area contributed by atoms with E-state index in [4.69, 9.17) is 4.74 Å². The molecule has 1 heterocycles. The number of nitrogens with one attached hydrogen (secondary N) is 1. The van der Waals surface area contributed by atoms with E-state index in [1.807, 2.05) is 11.8 Å². The smallest absolute Gasteiger partial charge is 0.0638 e. The van der Waals surface area contributed by atoms with Gasteiger partial charge in [-0.2, -0.15) is 11.8 Å². The highest BCUT2D eigenvalue weighted by Gasteiger charge is 2.33. The first kappa shape index (κ1) is 13.3. The van der Waals surface area contributed by atoms with Crippen molar-refractivity contribution in [3.05, 3.63) is 0 Å². The lowest BCUT2D eigenvalue weighted by atomic mass is 9.82. The van der Waals surface area contributed by atoms with Crippen LogP contribution in [0, 0.1) is 5.41 Å². The Morgan fingerprint density at radius 3 is 2.87 bits per heavy atom. The second kappa shape index (κ2) is 6.09. The lowest BCUT2D eigenvalue weighted by Crippen LogP contribution is -2.52. The van der Waals surface area contributed by atoms with Crippen LogP contribution in [0.25, 0.3) is 0 Å². The maximum absolute atomic E-state index is 9.21. The van der Waals surface area contributed by atoms with E-state index in [-0.39, 0.29) is 12.6 Å². The van der Waals surface area contributed by atoms with Crippen molar-refractivity contribution in [1.29, 1.82) is 0 Å². The molecule has 0 spiro atoms. The molecule has 4 heteroatoms. The number of hydrogen-bond donors (Lipinski definition) is 2. The van der Waals surface area contributed by atoms with Gasteiger partial charge in [-0.1, -0.05) is 13.8 Å². The molecule has 1 aliphatic rings. The second-order valence-electron chi connectivity index (χ2n) is 4.87. The molecule has 0 radical (unpaired) electrons. The van der Waals surface area contributed by atoms with Crippen molar-refractivity contribution in [2.24, 2.45) is 5.41 Å². The normalized spacial score (nSPS) is 27.6. The Morgan fingerprint density at radius 2 is 2.33 bits per heavy atom. The Bertz CT molecular complexity index is 187. The van der Waals surface area contributed by atoms with Crippen molar-refractivity contribution in [3.63, 3.8) is 0 Å². The summed E-state index contributed by atoms with van der Waals surface area (Å²) in [7, 11) is 1.67. The molecule has 0 bridgehead atoms. The van der Waals surface area contributed by atoms with Crippen LogP contribution in [0.1, 0.15) is 20.3 Å². The van der Waals surface area contributed by atoms with Gasteiger partial charge in [0.05, 0.1) is 19.3 Å². The van der Waals surface area contributed by atoms with Crippen LogP contribution >= 0.6 is 11.8 Å². The molecule has 2 unspecified atom stereocenters. The quantitative estimate of drug-likeness (QED) is 0.746. The van der Waals surface area contributed by atoms with Crippen molar-refractivity contribution < 1.29 is 9.84 Å². The van der Waals surface area contributed by atoms with Gasteiger partial charge in [-0.3, -0.25) is 0 Å². The minimum atomic E-state index is 0.0676. The number of thioether (sulfide) groups is 1. The zero-order valence-electron chi connectivity index (χ0n) is 9.95. The van der Waals surface area contributed by atoms with E-state index >= 15 is 0 Å². The summed E-state index contributed by atoms with van der Waals surface area (Å²) in [5.41, 5.74) is 0.326. The van der Waals surface area contributed by atoms with Gasteiger partial charge in [0.25, 0.3) is 0 Å². The van der Waals surface area contributed by atoms with E-state index < -0.39 is 0 Å². The van der Waals surface area contributed by atoms with Crippen molar-refractivity contribution in [2.45, 2.75) is 32.4 Å². The van der Waals surface area contributed by atoms with Gasteiger partial charge in [-0.15, -0.1) is 0 Å². The Kier molecular flexibility index (Phi) is 5.39. The summed E-state index contributed by atoms with van der Waals surface area (Å²) >= 11 is 1.99. The fraction of sp³-hybridized carbons (Fsp3) is 1.00. The average molecular weight is 233 g/mol. The van der Waals surface area contributed by atoms with E-state index in [1.54, 1.807) is 7.11 Å². The highest BCUT2D eigenvalue weighted by atomic mass is 32.2. The maximum atomic E-state index is 9.21. The summed E-state index contributed by atoms with van der Waals surface area (Å²) in [6.45, 7) is 5.32. The highest BCUT2D eigenvalue weighted by molar-refractivity contribution is 7.99. The average Bonchev–Trinajstić information content (AvgIpc) is 2.20. The van der Waals surface area contributed by atoms with Gasteiger partial charge in [0.15, 0.2) is 0 Å². The molecule has 90 valence electrons. The summed E-state index contributed by atoms with van der Waals surface area (Å²) < 4.78 is 5.08. The molecule has 0 saturated carbocycles. The van der Waals surface area contributed by atoms with Crippen LogP contribution in [0.4, 0.5) is 0 Å². The molecule has 2 N–H and O–H groups in total. The molecule has 1 rings (SSSR count). The zero-order valence-corrected chi connectivity index (χ0v) is 10.8. The number of aliphatic hydroxyl groups excluding tert-OH is 1. The number of ether oxygens (including phenoxy) is 1. The number of aliphatic hydroxyl groups is 1. The van der Waals surface area contributed by atoms with Gasteiger partial charge in [-0.25, -0.2) is 0 Å². The van der Waals surface area contributed by atoms with Gasteiger partial charge >= 0.3 is 0 Å². The predicted octanol–water partition coefficient (Wildman–Crippen LogP) is 1.11. The Labute approximate surface area is 97.0 Å². The van der Waals surface area contributed by atoms with Crippen LogP contribution in [0.15, 0.2) is 0 Å². The largest absolute Gasteiger partial charge is 0.395 e. The molecule has 3 nitrogen and oxygen atoms in total. The molecular weight excluding hydrogens is 210 g/mol. The van der Waals surface area contributed by atoms with Gasteiger partial charge in [0, 0.05) is 18.9 Å². The van der Waals surface area contributed by atoms with Crippen LogP contribution in [-0.2, 0) is 4.74 Å². The first-order valence-electron chi connectivity index (χ1n) is 5.53. The first-order valence-corrected chi connectivity index (χ1v) is 6.69. The molecule has 1 saturated heterocycles. The lowest BCUT2D eigenvalue weighted by molar-refractivity contribution is 0.107. The summed E-state index contributed by atoms with van der Waals surface area (Å²) in [5, 5.41) is 12.7. The minimum absolute atomic E-state index is 0.0676. The third-order valence-corrected chi connectivity index (χ3v) is 4.21. The monoisotopic (exact) mass is 233 g/mol. The van der Waals surface area contributed by atoms with E-state index in [2.05, 4.69) is 19.2 Å². The van der Waals surface area contributed by atoms with Crippen molar-refractivity contribution >= 4 is 11.8 Å². The van der Waals surface area contributed by atoms with Crippen LogP contribution in [0.3, 0.4) is 0 Å². The minimum Gasteiger partial charge on any atom is -0.395 e. The highest BCUT2D eigenvalue weighted by Crippen LogP contribution is 2.34. The van der Waals surface area contributed by atoms with Crippen LogP contribution in [0.2, 0.25) is 0 Å². The fourth-order valence-corrected chi connectivity index (χ4v) is 3.47. The fourth-order valence-electron chi connectivity index (χ4n) is 1.85. The lowest BCUT2D eigenvalue weighted by Gasteiger charge is -2.40. The SMILES string of the molecule is COCC(CO)NC1CSCCC1(C)C. The van der Waals surface area contributed by atoms with Crippen LogP contribution < -0.4 is 5.32 Å². The molecule has 0 aliphatic carbocycles. The van der Waals surface area contributed by atoms with Crippen molar-refractivity contribution in [2.75, 3.05) is 31.8 Å². The number of hydrogen-bond acceptors (Lipinski definition) is 4. The van der Waals surface area contributed by atoms with Gasteiger partial charge < -0.3 is 15.2 Å². The van der Waals surface area contributed by atoms with E-state index in [0.29, 0.717) is 18.1 Å². The predicted molar refractivity (Wildman–Crippen MR) is 65.4 cm³/mol. The molecule has 0 aromatic carbocycles. The zero-order chi connectivity index (χ0) is 11.3. The van der Waals surface area contributed by atoms with Gasteiger partial charge in [-0.05, 0) is 17.6 Å². The number of rotatable bonds is 5. The molecule has 15 heavy (non-hydrogen) atoms. The molecule has 1 fully saturated rings. The Morgan fingerprint density at radius 1 is 1.60 bits per heavy atom.